The zero-order chi connectivity index (χ0) is 15.9. The van der Waals surface area contributed by atoms with Gasteiger partial charge in [-0.2, -0.15) is 0 Å². The molecule has 21 heavy (non-hydrogen) atoms. The summed E-state index contributed by atoms with van der Waals surface area (Å²) in [6, 6.07) is 8.32. The van der Waals surface area contributed by atoms with Crippen LogP contribution >= 0.6 is 11.8 Å². The van der Waals surface area contributed by atoms with Crippen molar-refractivity contribution in [2.45, 2.75) is 49.9 Å². The van der Waals surface area contributed by atoms with E-state index in [1.165, 1.54) is 5.56 Å². The van der Waals surface area contributed by atoms with Gasteiger partial charge in [0.2, 0.25) is 5.91 Å². The predicted molar refractivity (Wildman–Crippen MR) is 91.6 cm³/mol. The van der Waals surface area contributed by atoms with E-state index in [9.17, 15) is 4.79 Å². The van der Waals surface area contributed by atoms with Crippen LogP contribution < -0.4 is 10.6 Å². The lowest BCUT2D eigenvalue weighted by Gasteiger charge is -2.20. The minimum Gasteiger partial charge on any atom is -0.352 e. The Bertz CT molecular complexity index is 480. The van der Waals surface area contributed by atoms with E-state index in [1.54, 1.807) is 17.8 Å². The Morgan fingerprint density at radius 3 is 2.76 bits per heavy atom. The Morgan fingerprint density at radius 2 is 2.14 bits per heavy atom. The molecule has 1 unspecified atom stereocenters. The molecule has 2 N–H and O–H groups in total. The quantitative estimate of drug-likeness (QED) is 0.599. The molecule has 0 radical (unpaired) electrons. The second kappa shape index (κ2) is 8.25. The Balaban J connectivity index is 2.59. The molecule has 0 bridgehead atoms. The maximum absolute atomic E-state index is 11.9. The second-order valence-corrected chi connectivity index (χ2v) is 7.46. The van der Waals surface area contributed by atoms with Crippen molar-refractivity contribution in [3.05, 3.63) is 42.5 Å². The molecule has 0 aliphatic rings. The van der Waals surface area contributed by atoms with E-state index in [-0.39, 0.29) is 16.7 Å². The first kappa shape index (κ1) is 17.8. The molecule has 1 aromatic carbocycles. The van der Waals surface area contributed by atoms with Crippen LogP contribution in [0.2, 0.25) is 0 Å². The van der Waals surface area contributed by atoms with Gasteiger partial charge < -0.3 is 10.6 Å². The van der Waals surface area contributed by atoms with E-state index in [0.717, 1.165) is 11.4 Å². The number of carbonyl (C=O) groups is 1. The fraction of sp³-hybridized carbons (Fsp3) is 0.471. The maximum Gasteiger partial charge on any atom is 0.233 e. The molecule has 4 heteroatoms. The lowest BCUT2D eigenvalue weighted by Crippen LogP contribution is -2.35. The van der Waals surface area contributed by atoms with Gasteiger partial charge in [-0.3, -0.25) is 4.79 Å². The van der Waals surface area contributed by atoms with Crippen LogP contribution in [0.1, 0.15) is 33.3 Å². The molecular weight excluding hydrogens is 280 g/mol. The number of rotatable bonds is 7. The Morgan fingerprint density at radius 1 is 1.43 bits per heavy atom. The van der Waals surface area contributed by atoms with E-state index in [2.05, 4.69) is 50.1 Å². The summed E-state index contributed by atoms with van der Waals surface area (Å²) in [5.74, 6) is 0.0399. The second-order valence-electron chi connectivity index (χ2n) is 6.04. The van der Waals surface area contributed by atoms with E-state index in [1.807, 2.05) is 19.1 Å². The topological polar surface area (TPSA) is 41.1 Å². The maximum atomic E-state index is 11.9. The lowest BCUT2D eigenvalue weighted by molar-refractivity contribution is -0.120. The van der Waals surface area contributed by atoms with Crippen LogP contribution in [0.15, 0.2) is 41.8 Å². The molecule has 0 aliphatic heterocycles. The average Bonchev–Trinajstić information content (AvgIpc) is 2.42. The van der Waals surface area contributed by atoms with Gasteiger partial charge in [0.15, 0.2) is 0 Å². The van der Waals surface area contributed by atoms with Gasteiger partial charge in [0.05, 0.1) is 5.25 Å². The third kappa shape index (κ3) is 7.34. The summed E-state index contributed by atoms with van der Waals surface area (Å²) < 4.78 is 0. The number of thioether (sulfide) groups is 1. The fourth-order valence-electron chi connectivity index (χ4n) is 1.67. The van der Waals surface area contributed by atoms with Gasteiger partial charge in [-0.05, 0) is 45.4 Å². The fourth-order valence-corrected chi connectivity index (χ4v) is 2.65. The zero-order valence-electron chi connectivity index (χ0n) is 13.4. The van der Waals surface area contributed by atoms with Crippen molar-refractivity contribution in [2.24, 2.45) is 0 Å². The van der Waals surface area contributed by atoms with E-state index in [0.29, 0.717) is 6.54 Å². The van der Waals surface area contributed by atoms with Gasteiger partial charge in [0.25, 0.3) is 0 Å². The Hall–Kier alpha value is -1.26. The smallest absolute Gasteiger partial charge is 0.233 e. The van der Waals surface area contributed by atoms with Crippen LogP contribution in [0.4, 0.5) is 0 Å². The number of benzene rings is 1. The zero-order valence-corrected chi connectivity index (χ0v) is 14.2. The highest BCUT2D eigenvalue weighted by molar-refractivity contribution is 8.00. The molecule has 0 aromatic heterocycles. The molecule has 0 saturated heterocycles. The molecule has 116 valence electrons. The van der Waals surface area contributed by atoms with Crippen LogP contribution in [0.5, 0.6) is 0 Å². The molecule has 0 fully saturated rings. The van der Waals surface area contributed by atoms with E-state index >= 15 is 0 Å². The monoisotopic (exact) mass is 306 g/mol. The molecule has 0 heterocycles. The molecule has 1 rings (SSSR count). The molecule has 0 saturated carbocycles. The van der Waals surface area contributed by atoms with Crippen molar-refractivity contribution < 1.29 is 4.79 Å². The first-order valence-electron chi connectivity index (χ1n) is 7.21. The van der Waals surface area contributed by atoms with Crippen molar-refractivity contribution in [3.8, 4) is 0 Å². The van der Waals surface area contributed by atoms with Crippen LogP contribution in [0, 0.1) is 0 Å². The first-order valence-corrected chi connectivity index (χ1v) is 8.09. The normalized spacial score (nSPS) is 12.8. The predicted octanol–water partition coefficient (Wildman–Crippen LogP) is 3.36. The lowest BCUT2D eigenvalue weighted by atomic mass is 10.1. The summed E-state index contributed by atoms with van der Waals surface area (Å²) in [7, 11) is 0. The van der Waals surface area contributed by atoms with Crippen molar-refractivity contribution in [3.63, 3.8) is 0 Å². The van der Waals surface area contributed by atoms with Crippen LogP contribution in [-0.4, -0.2) is 23.2 Å². The number of carbonyl (C=O) groups excluding carboxylic acids is 1. The molecule has 1 aromatic rings. The average molecular weight is 306 g/mol. The number of amides is 1. The van der Waals surface area contributed by atoms with E-state index < -0.39 is 0 Å². The highest BCUT2D eigenvalue weighted by atomic mass is 32.2. The molecule has 0 spiro atoms. The molecule has 1 atom stereocenters. The number of hydrogen-bond acceptors (Lipinski definition) is 3. The summed E-state index contributed by atoms with van der Waals surface area (Å²) in [4.78, 5) is 13.0. The molecule has 0 aliphatic carbocycles. The Labute approximate surface area is 132 Å². The molecular formula is C17H26N2OS. The minimum absolute atomic E-state index is 0.0399. The standard InChI is InChI=1S/C17H26N2OS/c1-6-10-18-16(20)13(2)21-15-9-7-8-14(11-15)12-19-17(3,4)5/h6-9,11,13,19H,1,10,12H2,2-5H3,(H,18,20). The Kier molecular flexibility index (Phi) is 6.99. The molecule has 1 amide bonds. The molecule has 3 nitrogen and oxygen atoms in total. The highest BCUT2D eigenvalue weighted by Gasteiger charge is 2.14. The summed E-state index contributed by atoms with van der Waals surface area (Å²) >= 11 is 1.58. The summed E-state index contributed by atoms with van der Waals surface area (Å²) in [6.07, 6.45) is 1.69. The van der Waals surface area contributed by atoms with Crippen LogP contribution in [0.3, 0.4) is 0 Å². The summed E-state index contributed by atoms with van der Waals surface area (Å²) in [5, 5.41) is 6.18. The SMILES string of the molecule is C=CCNC(=O)C(C)Sc1cccc(CNC(C)(C)C)c1. The van der Waals surface area contributed by atoms with E-state index in [4.69, 9.17) is 0 Å². The van der Waals surface area contributed by atoms with Gasteiger partial charge >= 0.3 is 0 Å². The van der Waals surface area contributed by atoms with Crippen LogP contribution in [0.25, 0.3) is 0 Å². The largest absolute Gasteiger partial charge is 0.352 e. The van der Waals surface area contributed by atoms with Crippen LogP contribution in [-0.2, 0) is 11.3 Å². The minimum atomic E-state index is -0.115. The first-order chi connectivity index (χ1) is 9.81. The van der Waals surface area contributed by atoms with Gasteiger partial charge in [-0.15, -0.1) is 18.3 Å². The van der Waals surface area contributed by atoms with Gasteiger partial charge in [-0.1, -0.05) is 18.2 Å². The third-order valence-corrected chi connectivity index (χ3v) is 3.92. The number of nitrogens with one attached hydrogen (secondary N) is 2. The highest BCUT2D eigenvalue weighted by Crippen LogP contribution is 2.24. The summed E-state index contributed by atoms with van der Waals surface area (Å²) in [6.45, 7) is 13.3. The van der Waals surface area contributed by atoms with Crippen molar-refractivity contribution >= 4 is 17.7 Å². The van der Waals surface area contributed by atoms with Crippen molar-refractivity contribution in [1.29, 1.82) is 0 Å². The van der Waals surface area contributed by atoms with Gasteiger partial charge in [0, 0.05) is 23.5 Å². The third-order valence-electron chi connectivity index (χ3n) is 2.82. The van der Waals surface area contributed by atoms with Crippen molar-refractivity contribution in [2.75, 3.05) is 6.54 Å². The van der Waals surface area contributed by atoms with Crippen molar-refractivity contribution in [1.82, 2.24) is 10.6 Å². The number of hydrogen-bond donors (Lipinski definition) is 2. The van der Waals surface area contributed by atoms with Gasteiger partial charge in [0.1, 0.15) is 0 Å². The summed E-state index contributed by atoms with van der Waals surface area (Å²) in [5.41, 5.74) is 1.33. The van der Waals surface area contributed by atoms with Gasteiger partial charge in [-0.25, -0.2) is 0 Å².